The quantitative estimate of drug-likeness (QED) is 0.0594. The van der Waals surface area contributed by atoms with Crippen LogP contribution in [0.2, 0.25) is 15.1 Å². The Labute approximate surface area is 628 Å². The number of benzene rings is 6. The first kappa shape index (κ1) is 85.5. The maximum Gasteiger partial charge on any atom is 2.00 e. The van der Waals surface area contributed by atoms with Crippen molar-refractivity contribution in [1.82, 2.24) is 12.3 Å². The summed E-state index contributed by atoms with van der Waals surface area (Å²) in [5.74, 6) is -2.19. The Morgan fingerprint density at radius 1 is 0.361 bits per heavy atom. The van der Waals surface area contributed by atoms with E-state index in [1.54, 1.807) is 0 Å². The average Bonchev–Trinajstić information content (AvgIpc) is 1.77. The van der Waals surface area contributed by atoms with E-state index in [0.29, 0.717) is 16.7 Å². The number of azo groups is 3. The number of nitrogens with zero attached hydrogens (tertiary/aromatic N) is 12. The van der Waals surface area contributed by atoms with Gasteiger partial charge in [0.2, 0.25) is 0 Å². The Morgan fingerprint density at radius 3 is 0.773 bits per heavy atom. The Kier molecular flexibility index (Phi) is 29.3. The maximum absolute atomic E-state index is 12.7. The third kappa shape index (κ3) is 21.0. The van der Waals surface area contributed by atoms with Crippen molar-refractivity contribution in [3.8, 4) is 0 Å². The minimum absolute atomic E-state index is 0. The second-order valence-corrected chi connectivity index (χ2v) is 28.9. The van der Waals surface area contributed by atoms with Crippen LogP contribution in [0.4, 0.5) is 34.1 Å². The number of hydrogen-bond acceptors (Lipinski definition) is 30. The topological polar surface area (TPSA) is 588 Å². The van der Waals surface area contributed by atoms with Crippen molar-refractivity contribution in [2.24, 2.45) is 46.0 Å². The van der Waals surface area contributed by atoms with Crippen molar-refractivity contribution in [3.05, 3.63) is 141 Å². The van der Waals surface area contributed by atoms with Crippen LogP contribution < -0.4 is 27.3 Å². The molecule has 3 amide bonds. The molecule has 0 aromatic heterocycles. The number of aryl methyl sites for hydroxylation is 3. The Hall–Kier alpha value is -5.69. The van der Waals surface area contributed by atoms with Gasteiger partial charge >= 0.3 is 75.5 Å². The molecule has 0 fully saturated rings. The van der Waals surface area contributed by atoms with E-state index in [2.05, 4.69) is 46.0 Å². The van der Waals surface area contributed by atoms with Gasteiger partial charge in [0.1, 0.15) is 77.8 Å². The number of halogens is 3. The van der Waals surface area contributed by atoms with E-state index in [1.807, 2.05) is 0 Å². The van der Waals surface area contributed by atoms with Crippen LogP contribution in [0.25, 0.3) is 0 Å². The van der Waals surface area contributed by atoms with Crippen molar-refractivity contribution in [1.29, 1.82) is 0 Å². The number of amides is 3. The Morgan fingerprint density at radius 2 is 0.577 bits per heavy atom. The second-order valence-electron chi connectivity index (χ2n) is 19.5. The first-order valence-electron chi connectivity index (χ1n) is 25.2. The summed E-state index contributed by atoms with van der Waals surface area (Å²) in [6.07, 6.45) is 0. The largest absolute Gasteiger partial charge is 2.00 e. The van der Waals surface area contributed by atoms with Gasteiger partial charge in [-0.15, -0.1) is 0 Å². The van der Waals surface area contributed by atoms with E-state index in [0.717, 1.165) is 87.8 Å². The predicted molar refractivity (Wildman–Crippen MR) is 346 cm³/mol. The van der Waals surface area contributed by atoms with Crippen molar-refractivity contribution >= 4 is 240 Å². The van der Waals surface area contributed by atoms with Gasteiger partial charge in [0.05, 0.1) is 63.6 Å². The van der Waals surface area contributed by atoms with E-state index < -0.39 is 126 Å². The van der Waals surface area contributed by atoms with Gasteiger partial charge in [0.25, 0.3) is 17.7 Å². The molecule has 35 nitrogen and oxygen atoms in total. The maximum atomic E-state index is 12.7. The zero-order valence-corrected chi connectivity index (χ0v) is 62.6. The number of quaternary nitrogens is 2. The molecule has 0 saturated carbocycles. The van der Waals surface area contributed by atoms with Gasteiger partial charge in [-0.2, -0.15) is 61.0 Å². The molecule has 46 heteroatoms. The number of hydrogen-bond donors (Lipinski definition) is 2. The standard InChI is InChI=1S/3C17H15ClN4O7S2.2Ca.2H3N/c3*1-9-6-15(31(27,28)29)14(8-13(9)18)19-20-16-10(2)21-22(17(16)23)11-4-3-5-12(7-11)30(24,25)26;;;;/h3*3-8,16H,1-2H3,(H,24,25,26)(H,27,28,29);;;2*1H3/q;;;2*+2;;/p-4. The number of anilines is 3. The van der Waals surface area contributed by atoms with Crippen molar-refractivity contribution in [2.45, 2.75) is 89.0 Å². The van der Waals surface area contributed by atoms with Gasteiger partial charge < -0.3 is 39.6 Å². The predicted octanol–water partition coefficient (Wildman–Crippen LogP) is 6.99. The molecule has 0 spiro atoms. The monoisotopic (exact) mass is 1570 g/mol. The van der Waals surface area contributed by atoms with Crippen LogP contribution in [0.15, 0.2) is 185 Å². The molecule has 0 radical (unpaired) electrons. The van der Waals surface area contributed by atoms with Crippen LogP contribution in [0.3, 0.4) is 0 Å². The number of carbonyl (C=O) groups is 3. The Bertz CT molecular complexity index is 4580. The zero-order valence-electron chi connectivity index (χ0n) is 51.1. The summed E-state index contributed by atoms with van der Waals surface area (Å²) in [6.45, 7) is 8.85. The molecule has 6 aromatic carbocycles. The molecule has 8 N–H and O–H groups in total. The average molecular weight is 1570 g/mol. The van der Waals surface area contributed by atoms with Gasteiger partial charge in [0.15, 0.2) is 18.1 Å². The SMILES string of the molecule is CC1=NN(c2cccc(S(=O)(=O)[O-])c2)C(=O)C1N=Nc1cc(Cl)c(C)cc1S(=O)(=O)[O-].CC1=NN(c2cccc(S(=O)(=O)[O-])c2)C(=O)C1N=Nc1cc(Cl)c(C)cc1S(=O)(=O)[O-].CC1=NN(c2cccc(S(=O)(=O)[O-])c2)C(=O)C1N=Nc1cc(Cl)c(C)cc1S(=O)(=O)[O-].[Ca+2].[Ca+2].[NH4+].[NH4+]. The van der Waals surface area contributed by atoms with Crippen LogP contribution >= 0.6 is 34.8 Å². The Balaban J connectivity index is 0.000000371. The molecule has 3 heterocycles. The molecular weight excluding hydrogens is 1520 g/mol. The van der Waals surface area contributed by atoms with Gasteiger partial charge in [-0.1, -0.05) is 53.0 Å². The number of hydrazone groups is 3. The number of carbonyl (C=O) groups excluding carboxylic acids is 3. The van der Waals surface area contributed by atoms with Crippen LogP contribution in [0.1, 0.15) is 37.5 Å². The van der Waals surface area contributed by atoms with Gasteiger partial charge in [0, 0.05) is 15.1 Å². The molecule has 0 saturated heterocycles. The van der Waals surface area contributed by atoms with E-state index in [1.165, 1.54) is 77.9 Å². The third-order valence-electron chi connectivity index (χ3n) is 12.7. The van der Waals surface area contributed by atoms with E-state index in [-0.39, 0.29) is 154 Å². The molecule has 3 unspecified atom stereocenters. The van der Waals surface area contributed by atoms with E-state index in [9.17, 15) is 92.2 Å². The van der Waals surface area contributed by atoms with Crippen molar-refractivity contribution in [2.75, 3.05) is 15.0 Å². The first-order valence-corrected chi connectivity index (χ1v) is 34.8. The summed E-state index contributed by atoms with van der Waals surface area (Å²) in [6, 6.07) is 16.9. The van der Waals surface area contributed by atoms with Gasteiger partial charge in [-0.05, 0) is 149 Å². The third-order valence-corrected chi connectivity index (χ3v) is 19.0. The second kappa shape index (κ2) is 33.2. The van der Waals surface area contributed by atoms with Gasteiger partial charge in [-0.3, -0.25) is 14.4 Å². The van der Waals surface area contributed by atoms with Crippen LogP contribution in [0, 0.1) is 20.8 Å². The summed E-state index contributed by atoms with van der Waals surface area (Å²) in [5.41, 5.74) is 0.506. The summed E-state index contributed by atoms with van der Waals surface area (Å²) in [4.78, 5) is 34.6. The summed E-state index contributed by atoms with van der Waals surface area (Å²) in [5, 5.41) is 37.6. The molecule has 97 heavy (non-hydrogen) atoms. The molecule has 3 aliphatic heterocycles. The van der Waals surface area contributed by atoms with Crippen LogP contribution in [0.5, 0.6) is 0 Å². The molecule has 0 aliphatic carbocycles. The fraction of sp³-hybridized carbons (Fsp3) is 0.176. The van der Waals surface area contributed by atoms with Crippen molar-refractivity contribution < 1.29 is 92.2 Å². The fourth-order valence-corrected chi connectivity index (χ4v) is 12.1. The molecule has 3 aliphatic rings. The summed E-state index contributed by atoms with van der Waals surface area (Å²) in [7, 11) is -28.9. The van der Waals surface area contributed by atoms with Crippen LogP contribution in [-0.4, -0.2) is 206 Å². The minimum Gasteiger partial charge on any atom is -0.744 e. The zero-order chi connectivity index (χ0) is 69.4. The first-order chi connectivity index (χ1) is 42.9. The molecule has 3 atom stereocenters. The van der Waals surface area contributed by atoms with Crippen molar-refractivity contribution in [3.63, 3.8) is 0 Å². The van der Waals surface area contributed by atoms with Crippen LogP contribution in [-0.2, 0) is 75.1 Å². The van der Waals surface area contributed by atoms with E-state index in [4.69, 9.17) is 34.8 Å². The molecule has 0 bridgehead atoms. The summed E-state index contributed by atoms with van der Waals surface area (Å²) >= 11 is 17.9. The molecule has 508 valence electrons. The molecular formula is C51H47Ca2Cl3N14O21S6. The van der Waals surface area contributed by atoms with Gasteiger partial charge in [-0.25, -0.2) is 50.5 Å². The number of rotatable bonds is 15. The summed E-state index contributed by atoms with van der Waals surface area (Å²) < 4.78 is 205. The minimum atomic E-state index is -4.89. The smallest absolute Gasteiger partial charge is 0.744 e. The normalized spacial score (nSPS) is 16.7. The van der Waals surface area contributed by atoms with E-state index >= 15 is 0 Å². The fourth-order valence-electron chi connectivity index (χ4n) is 8.06. The molecule has 9 rings (SSSR count). The molecule has 6 aromatic rings.